The minimum atomic E-state index is -1.85. The molecule has 2 saturated heterocycles. The Kier molecular flexibility index (Phi) is 16.1. The summed E-state index contributed by atoms with van der Waals surface area (Å²) < 4.78 is 42.5. The van der Waals surface area contributed by atoms with Gasteiger partial charge in [-0.15, -0.1) is 0 Å². The van der Waals surface area contributed by atoms with Crippen molar-refractivity contribution >= 4 is 5.91 Å². The van der Waals surface area contributed by atoms with E-state index in [0.29, 0.717) is 0 Å². The molecule has 2 aliphatic rings. The van der Waals surface area contributed by atoms with E-state index in [-0.39, 0.29) is 21.5 Å². The van der Waals surface area contributed by atoms with Crippen molar-refractivity contribution in [1.29, 1.82) is 0 Å². The molecular weight excluding hydrogens is 514 g/mol. The summed E-state index contributed by atoms with van der Waals surface area (Å²) in [5.74, 6) is -0.517. The first-order chi connectivity index (χ1) is 17.1. The molecule has 0 saturated carbocycles. The van der Waals surface area contributed by atoms with Crippen molar-refractivity contribution < 1.29 is 53.3 Å². The van der Waals surface area contributed by atoms with Gasteiger partial charge in [0.1, 0.15) is 36.5 Å². The lowest BCUT2D eigenvalue weighted by Gasteiger charge is -2.39. The molecule has 15 heteroatoms. The van der Waals surface area contributed by atoms with Gasteiger partial charge in [0.25, 0.3) is 0 Å². The zero-order valence-corrected chi connectivity index (χ0v) is 19.2. The number of ether oxygens (including phenoxy) is 3. The van der Waals surface area contributed by atoms with Crippen molar-refractivity contribution in [3.05, 3.63) is 46.3 Å². The van der Waals surface area contributed by atoms with Gasteiger partial charge in [0.2, 0.25) is 5.91 Å². The molecule has 6 N–H and O–H groups in total. The summed E-state index contributed by atoms with van der Waals surface area (Å²) in [7, 11) is 0. The summed E-state index contributed by atoms with van der Waals surface area (Å²) in [5, 5.41) is 51.8. The van der Waals surface area contributed by atoms with Gasteiger partial charge in [0, 0.05) is 11.8 Å². The number of azide groups is 1. The Bertz CT molecular complexity index is 869. The van der Waals surface area contributed by atoms with Crippen LogP contribution in [0, 0.1) is 0 Å². The van der Waals surface area contributed by atoms with E-state index in [0.717, 1.165) is 5.56 Å². The molecule has 0 spiro atoms. The number of aliphatic hydroxyl groups is 5. The van der Waals surface area contributed by atoms with Gasteiger partial charge in [-0.3, -0.25) is 4.79 Å². The second kappa shape index (κ2) is 17.2. The van der Waals surface area contributed by atoms with E-state index in [4.69, 9.17) is 25.2 Å². The molecule has 4 unspecified atom stereocenters. The molecule has 38 heavy (non-hydrogen) atoms. The zero-order chi connectivity index (χ0) is 26.8. The van der Waals surface area contributed by atoms with E-state index in [9.17, 15) is 28.9 Å². The van der Waals surface area contributed by atoms with Gasteiger partial charge < -0.3 is 45.1 Å². The van der Waals surface area contributed by atoms with Gasteiger partial charge in [0.05, 0.1) is 19.8 Å². The van der Waals surface area contributed by atoms with E-state index in [2.05, 4.69) is 20.1 Å². The molecule has 2 heterocycles. The van der Waals surface area contributed by atoms with Crippen LogP contribution in [-0.4, -0.2) is 106 Å². The van der Waals surface area contributed by atoms with Crippen LogP contribution in [0.3, 0.4) is 0 Å². The highest BCUT2D eigenvalue weighted by atomic mass is 19.1. The average Bonchev–Trinajstić information content (AvgIpc) is 2.87. The number of nitrogens with one attached hydrogen (secondary N) is 1. The first-order valence-electron chi connectivity index (χ1n) is 11.0. The molecule has 13 nitrogen and oxygen atoms in total. The Morgan fingerprint density at radius 2 is 1.61 bits per heavy atom. The molecule has 0 aromatic heterocycles. The largest absolute Gasteiger partial charge is 0.394 e. The maximum absolute atomic E-state index is 13.8. The van der Waals surface area contributed by atoms with Crippen molar-refractivity contribution in [3.8, 4) is 0 Å². The summed E-state index contributed by atoms with van der Waals surface area (Å²) in [6.07, 6.45) is -12.0. The highest BCUT2D eigenvalue weighted by Gasteiger charge is 2.46. The van der Waals surface area contributed by atoms with Crippen LogP contribution in [-0.2, 0) is 25.6 Å². The molecule has 0 bridgehead atoms. The van der Waals surface area contributed by atoms with Crippen LogP contribution < -0.4 is 5.32 Å². The Labute approximate surface area is 219 Å². The maximum Gasteiger partial charge on any atom is 0.217 e. The SMILES string of the molecule is C.C.CC(=O)N[C@H]1C(O)OC(CO)[C@@H](F)[C@@H]1O.[N-]=[N+]=N[C@H]1C(OCc2ccccc2)OC(CO)[C@@H](F)[C@@H]1O. The number of halogens is 2. The van der Waals surface area contributed by atoms with Gasteiger partial charge in [-0.25, -0.2) is 8.78 Å². The predicted octanol–water partition coefficient (Wildman–Crippen LogP) is 0.470. The number of carbonyl (C=O) groups is 1. The van der Waals surface area contributed by atoms with Crippen LogP contribution in [0.15, 0.2) is 35.4 Å². The Morgan fingerprint density at radius 3 is 2.13 bits per heavy atom. The molecule has 2 fully saturated rings. The van der Waals surface area contributed by atoms with Crippen molar-refractivity contribution in [2.75, 3.05) is 13.2 Å². The number of aliphatic hydroxyl groups excluding tert-OH is 5. The number of benzene rings is 1. The van der Waals surface area contributed by atoms with Crippen molar-refractivity contribution in [2.45, 2.75) is 89.8 Å². The smallest absolute Gasteiger partial charge is 0.217 e. The molecule has 10 atom stereocenters. The second-order valence-corrected chi connectivity index (χ2v) is 8.06. The van der Waals surface area contributed by atoms with Gasteiger partial charge in [0.15, 0.2) is 24.9 Å². The molecule has 0 radical (unpaired) electrons. The van der Waals surface area contributed by atoms with Crippen LogP contribution in [0.5, 0.6) is 0 Å². The predicted molar refractivity (Wildman–Crippen MR) is 131 cm³/mol. The fourth-order valence-corrected chi connectivity index (χ4v) is 3.57. The fourth-order valence-electron chi connectivity index (χ4n) is 3.57. The lowest BCUT2D eigenvalue weighted by molar-refractivity contribution is -0.257. The van der Waals surface area contributed by atoms with E-state index >= 15 is 0 Å². The zero-order valence-electron chi connectivity index (χ0n) is 19.2. The summed E-state index contributed by atoms with van der Waals surface area (Å²) in [6, 6.07) is 6.72. The third-order valence-corrected chi connectivity index (χ3v) is 5.46. The summed E-state index contributed by atoms with van der Waals surface area (Å²) >= 11 is 0. The van der Waals surface area contributed by atoms with Crippen LogP contribution >= 0.6 is 0 Å². The molecule has 0 aliphatic carbocycles. The molecule has 1 aromatic carbocycles. The van der Waals surface area contributed by atoms with E-state index < -0.39 is 80.5 Å². The van der Waals surface area contributed by atoms with Gasteiger partial charge in [-0.1, -0.05) is 50.3 Å². The monoisotopic (exact) mass is 552 g/mol. The minimum Gasteiger partial charge on any atom is -0.394 e. The molecule has 1 aromatic rings. The van der Waals surface area contributed by atoms with E-state index in [1.807, 2.05) is 30.3 Å². The number of rotatable bonds is 7. The number of alkyl halides is 2. The quantitative estimate of drug-likeness (QED) is 0.158. The van der Waals surface area contributed by atoms with Crippen LogP contribution in [0.4, 0.5) is 8.78 Å². The topological polar surface area (TPSA) is 207 Å². The van der Waals surface area contributed by atoms with Crippen LogP contribution in [0.1, 0.15) is 27.3 Å². The highest BCUT2D eigenvalue weighted by Crippen LogP contribution is 2.27. The molecule has 3 rings (SSSR count). The van der Waals surface area contributed by atoms with E-state index in [1.54, 1.807) is 0 Å². The lowest BCUT2D eigenvalue weighted by Crippen LogP contribution is -2.62. The number of hydrogen-bond donors (Lipinski definition) is 6. The Balaban J connectivity index is 0.000000720. The third kappa shape index (κ3) is 9.38. The minimum absolute atomic E-state index is 0. The highest BCUT2D eigenvalue weighted by molar-refractivity contribution is 5.73. The summed E-state index contributed by atoms with van der Waals surface area (Å²) in [6.45, 7) is 0.0596. The molecule has 2 aliphatic heterocycles. The second-order valence-electron chi connectivity index (χ2n) is 8.06. The normalized spacial score (nSPS) is 34.2. The van der Waals surface area contributed by atoms with Gasteiger partial charge >= 0.3 is 0 Å². The van der Waals surface area contributed by atoms with Crippen molar-refractivity contribution in [1.82, 2.24) is 5.32 Å². The van der Waals surface area contributed by atoms with Crippen molar-refractivity contribution in [3.63, 3.8) is 0 Å². The Morgan fingerprint density at radius 1 is 1.05 bits per heavy atom. The molecule has 218 valence electrons. The summed E-state index contributed by atoms with van der Waals surface area (Å²) in [5.41, 5.74) is 9.36. The first kappa shape index (κ1) is 35.5. The van der Waals surface area contributed by atoms with Crippen LogP contribution in [0.25, 0.3) is 10.4 Å². The first-order valence-corrected chi connectivity index (χ1v) is 11.0. The van der Waals surface area contributed by atoms with Gasteiger partial charge in [-0.05, 0) is 11.1 Å². The number of carbonyl (C=O) groups excluding carboxylic acids is 1. The number of nitrogens with zero attached hydrogens (tertiary/aromatic N) is 3. The lowest BCUT2D eigenvalue weighted by atomic mass is 9.98. The average molecular weight is 553 g/mol. The fraction of sp³-hybridized carbons (Fsp3) is 0.696. The number of amides is 1. The summed E-state index contributed by atoms with van der Waals surface area (Å²) in [4.78, 5) is 13.3. The maximum atomic E-state index is 13.8. The molecular formula is C23H38F2N4O9. The third-order valence-electron chi connectivity index (χ3n) is 5.46. The number of hydrogen-bond acceptors (Lipinski definition) is 10. The standard InChI is InChI=1S/C13H16FN3O4.C8H14FNO5.2CH4/c14-10-9(6-18)21-13(11(12(10)19)16-17-15)20-7-8-4-2-1-3-5-8;1-3(12)10-6-7(13)5(9)4(2-11)15-8(6)14;;/h1-5,9-13,18-19H,6-7H2;4-8,11,13-14H,2H2,1H3,(H,10,12);2*1H4/t9?,10-,11-,12+,13?;4?,5-,6-,7+,8?;;/m11../s1. The Hall–Kier alpha value is -2.46. The van der Waals surface area contributed by atoms with Crippen molar-refractivity contribution in [2.24, 2.45) is 5.11 Å². The van der Waals surface area contributed by atoms with Crippen LogP contribution in [0.2, 0.25) is 0 Å². The molecule has 1 amide bonds. The van der Waals surface area contributed by atoms with E-state index in [1.165, 1.54) is 6.92 Å². The van der Waals surface area contributed by atoms with Gasteiger partial charge in [-0.2, -0.15) is 0 Å².